The average molecular weight is 447 g/mol. The Morgan fingerprint density at radius 2 is 1.90 bits per heavy atom. The Hall–Kier alpha value is -1.86. The van der Waals surface area contributed by atoms with Crippen molar-refractivity contribution in [3.05, 3.63) is 24.3 Å². The van der Waals surface area contributed by atoms with Crippen molar-refractivity contribution in [3.63, 3.8) is 0 Å². The zero-order valence-electron chi connectivity index (χ0n) is 19.6. The summed E-state index contributed by atoms with van der Waals surface area (Å²) < 4.78 is 5.22. The molecule has 2 aliphatic heterocycles. The maximum atomic E-state index is 13.3. The fraction of sp³-hybridized carbons (Fsp3) is 0.667. The molecule has 1 spiro atoms. The van der Waals surface area contributed by atoms with Gasteiger partial charge in [0.15, 0.2) is 5.11 Å². The quantitative estimate of drug-likeness (QED) is 0.616. The Balaban J connectivity index is 1.66. The second-order valence-corrected chi connectivity index (χ2v) is 9.85. The van der Waals surface area contributed by atoms with E-state index in [0.29, 0.717) is 11.8 Å². The highest BCUT2D eigenvalue weighted by molar-refractivity contribution is 7.80. The summed E-state index contributed by atoms with van der Waals surface area (Å²) in [5.74, 6) is 2.09. The number of nitrogens with one attached hydrogen (secondary N) is 2. The molecular weight excluding hydrogens is 408 g/mol. The molecule has 2 fully saturated rings. The van der Waals surface area contributed by atoms with Gasteiger partial charge < -0.3 is 19.9 Å². The van der Waals surface area contributed by atoms with E-state index >= 15 is 0 Å². The van der Waals surface area contributed by atoms with Crippen LogP contribution in [0.5, 0.6) is 5.75 Å². The van der Waals surface area contributed by atoms with E-state index in [4.69, 9.17) is 17.0 Å². The van der Waals surface area contributed by atoms with Gasteiger partial charge in [0.25, 0.3) is 0 Å². The highest BCUT2D eigenvalue weighted by Crippen LogP contribution is 2.35. The predicted octanol–water partition coefficient (Wildman–Crippen LogP) is 4.08. The van der Waals surface area contributed by atoms with Gasteiger partial charge in [0, 0.05) is 38.2 Å². The number of benzene rings is 1. The van der Waals surface area contributed by atoms with Crippen LogP contribution in [0.1, 0.15) is 53.4 Å². The van der Waals surface area contributed by atoms with Gasteiger partial charge in [-0.05, 0) is 54.7 Å². The smallest absolute Gasteiger partial charge is 0.241 e. The van der Waals surface area contributed by atoms with Gasteiger partial charge in [-0.3, -0.25) is 10.1 Å². The molecule has 172 valence electrons. The molecule has 7 heteroatoms. The van der Waals surface area contributed by atoms with E-state index in [1.807, 2.05) is 24.3 Å². The van der Waals surface area contributed by atoms with Crippen molar-refractivity contribution in [1.82, 2.24) is 15.1 Å². The summed E-state index contributed by atoms with van der Waals surface area (Å²) >= 11 is 5.68. The monoisotopic (exact) mass is 446 g/mol. The molecule has 6 nitrogen and oxygen atoms in total. The molecule has 2 heterocycles. The van der Waals surface area contributed by atoms with Gasteiger partial charge in [-0.1, -0.05) is 34.1 Å². The minimum absolute atomic E-state index is 0.0695. The van der Waals surface area contributed by atoms with Crippen LogP contribution < -0.4 is 15.4 Å². The van der Waals surface area contributed by atoms with Gasteiger partial charge in [-0.25, -0.2) is 0 Å². The molecule has 1 amide bonds. The first-order chi connectivity index (χ1) is 14.8. The summed E-state index contributed by atoms with van der Waals surface area (Å²) in [6, 6.07) is 7.72. The van der Waals surface area contributed by atoms with Crippen molar-refractivity contribution in [1.29, 1.82) is 0 Å². The number of carbonyl (C=O) groups is 1. The Morgan fingerprint density at radius 1 is 1.26 bits per heavy atom. The normalized spacial score (nSPS) is 21.6. The van der Waals surface area contributed by atoms with Crippen LogP contribution in [0.2, 0.25) is 0 Å². The fourth-order valence-electron chi connectivity index (χ4n) is 4.57. The molecule has 0 bridgehead atoms. The standard InChI is InChI=1S/C24H38N4O2S/c1-6-18(4)16-28-22(29)21(15-17(2)3)26-24(28)11-13-27(14-12-24)23(31)25-19-7-9-20(30-5)10-8-19/h7-10,17-18,21,26H,6,11-16H2,1-5H3,(H,25,31). The molecular formula is C24H38N4O2S. The van der Waals surface area contributed by atoms with Crippen LogP contribution in [0.25, 0.3) is 0 Å². The number of methoxy groups -OCH3 is 1. The highest BCUT2D eigenvalue weighted by Gasteiger charge is 2.51. The van der Waals surface area contributed by atoms with Gasteiger partial charge in [0.05, 0.1) is 18.8 Å². The maximum absolute atomic E-state index is 13.3. The molecule has 2 N–H and O–H groups in total. The predicted molar refractivity (Wildman–Crippen MR) is 130 cm³/mol. The number of hydrogen-bond donors (Lipinski definition) is 2. The zero-order valence-corrected chi connectivity index (χ0v) is 20.4. The molecule has 1 aromatic carbocycles. The van der Waals surface area contributed by atoms with Crippen molar-refractivity contribution in [2.75, 3.05) is 32.1 Å². The van der Waals surface area contributed by atoms with Crippen LogP contribution in [-0.2, 0) is 4.79 Å². The molecule has 2 unspecified atom stereocenters. The molecule has 0 saturated carbocycles. The van der Waals surface area contributed by atoms with Crippen molar-refractivity contribution in [2.24, 2.45) is 11.8 Å². The molecule has 1 aromatic rings. The van der Waals surface area contributed by atoms with Crippen molar-refractivity contribution < 1.29 is 9.53 Å². The first-order valence-electron chi connectivity index (χ1n) is 11.6. The fourth-order valence-corrected chi connectivity index (χ4v) is 4.87. The molecule has 0 radical (unpaired) electrons. The molecule has 2 atom stereocenters. The number of thiocarbonyl (C=S) groups is 1. The summed E-state index contributed by atoms with van der Waals surface area (Å²) in [7, 11) is 1.66. The number of hydrogen-bond acceptors (Lipinski definition) is 4. The minimum Gasteiger partial charge on any atom is -0.497 e. The summed E-state index contributed by atoms with van der Waals surface area (Å²) in [5.41, 5.74) is 0.711. The maximum Gasteiger partial charge on any atom is 0.241 e. The molecule has 31 heavy (non-hydrogen) atoms. The average Bonchev–Trinajstić information content (AvgIpc) is 2.99. The topological polar surface area (TPSA) is 56.8 Å². The van der Waals surface area contributed by atoms with Crippen LogP contribution in [0.3, 0.4) is 0 Å². The number of likely N-dealkylation sites (tertiary alicyclic amines) is 1. The number of ether oxygens (including phenoxy) is 1. The summed E-state index contributed by atoms with van der Waals surface area (Å²) in [6.45, 7) is 11.3. The second-order valence-electron chi connectivity index (χ2n) is 9.47. The lowest BCUT2D eigenvalue weighted by Crippen LogP contribution is -2.60. The van der Waals surface area contributed by atoms with Crippen LogP contribution >= 0.6 is 12.2 Å². The van der Waals surface area contributed by atoms with Gasteiger partial charge in [0.2, 0.25) is 5.91 Å². The third-order valence-electron chi connectivity index (χ3n) is 6.64. The van der Waals surface area contributed by atoms with E-state index in [-0.39, 0.29) is 17.6 Å². The molecule has 0 aromatic heterocycles. The molecule has 2 saturated heterocycles. The summed E-state index contributed by atoms with van der Waals surface area (Å²) in [6.07, 6.45) is 3.73. The van der Waals surface area contributed by atoms with Crippen LogP contribution in [0.4, 0.5) is 5.69 Å². The van der Waals surface area contributed by atoms with E-state index < -0.39 is 0 Å². The number of piperidine rings is 1. The van der Waals surface area contributed by atoms with Crippen LogP contribution in [0, 0.1) is 11.8 Å². The van der Waals surface area contributed by atoms with Gasteiger partial charge >= 0.3 is 0 Å². The summed E-state index contributed by atoms with van der Waals surface area (Å²) in [4.78, 5) is 17.7. The summed E-state index contributed by atoms with van der Waals surface area (Å²) in [5, 5.41) is 7.83. The Kier molecular flexibility index (Phi) is 7.81. The van der Waals surface area contributed by atoms with Gasteiger partial charge in [0.1, 0.15) is 5.75 Å². The minimum atomic E-state index is -0.244. The van der Waals surface area contributed by atoms with E-state index in [2.05, 4.69) is 48.1 Å². The largest absolute Gasteiger partial charge is 0.497 e. The lowest BCUT2D eigenvalue weighted by molar-refractivity contribution is -0.134. The Morgan fingerprint density at radius 3 is 2.45 bits per heavy atom. The second kappa shape index (κ2) is 10.2. The molecule has 2 aliphatic rings. The number of nitrogens with zero attached hydrogens (tertiary/aromatic N) is 2. The highest BCUT2D eigenvalue weighted by atomic mass is 32.1. The third-order valence-corrected chi connectivity index (χ3v) is 7.00. The number of amides is 1. The van der Waals surface area contributed by atoms with Crippen molar-refractivity contribution in [3.8, 4) is 5.75 Å². The first kappa shape index (κ1) is 23.8. The molecule has 0 aliphatic carbocycles. The van der Waals surface area contributed by atoms with E-state index in [0.717, 1.165) is 61.9 Å². The Bertz CT molecular complexity index is 759. The lowest BCUT2D eigenvalue weighted by Gasteiger charge is -2.46. The number of rotatable bonds is 7. The van der Waals surface area contributed by atoms with Crippen molar-refractivity contribution in [2.45, 2.75) is 65.1 Å². The van der Waals surface area contributed by atoms with E-state index in [1.165, 1.54) is 0 Å². The van der Waals surface area contributed by atoms with Gasteiger partial charge in [-0.2, -0.15) is 0 Å². The Labute approximate surface area is 192 Å². The third kappa shape index (κ3) is 5.50. The first-order valence-corrected chi connectivity index (χ1v) is 12.0. The SMILES string of the molecule is CCC(C)CN1C(=O)C(CC(C)C)NC12CCN(C(=S)Nc1ccc(OC)cc1)CC2. The van der Waals surface area contributed by atoms with Crippen LogP contribution in [0.15, 0.2) is 24.3 Å². The number of anilines is 1. The lowest BCUT2D eigenvalue weighted by atomic mass is 9.94. The molecule has 3 rings (SSSR count). The van der Waals surface area contributed by atoms with Gasteiger partial charge in [-0.15, -0.1) is 0 Å². The van der Waals surface area contributed by atoms with Crippen molar-refractivity contribution >= 4 is 28.9 Å². The van der Waals surface area contributed by atoms with E-state index in [1.54, 1.807) is 7.11 Å². The van der Waals surface area contributed by atoms with Crippen LogP contribution in [-0.4, -0.2) is 59.3 Å². The number of carbonyl (C=O) groups excluding carboxylic acids is 1. The van der Waals surface area contributed by atoms with E-state index in [9.17, 15) is 4.79 Å². The zero-order chi connectivity index (χ0) is 22.6.